The van der Waals surface area contributed by atoms with Gasteiger partial charge in [-0.15, -0.1) is 13.2 Å². The summed E-state index contributed by atoms with van der Waals surface area (Å²) in [5.41, 5.74) is -1.92. The molecular weight excluding hydrogens is 465 g/mol. The molecule has 0 spiro atoms. The molecule has 2 amide bonds. The maximum atomic E-state index is 13.6. The Morgan fingerprint density at radius 3 is 2.29 bits per heavy atom. The van der Waals surface area contributed by atoms with Crippen LogP contribution in [0.3, 0.4) is 0 Å². The monoisotopic (exact) mass is 490 g/mol. The summed E-state index contributed by atoms with van der Waals surface area (Å²) < 4.78 is 42.5. The van der Waals surface area contributed by atoms with Gasteiger partial charge in [0.05, 0.1) is 11.8 Å². The van der Waals surface area contributed by atoms with Crippen molar-refractivity contribution in [1.29, 1.82) is 0 Å². The van der Waals surface area contributed by atoms with Crippen molar-refractivity contribution in [3.05, 3.63) is 65.7 Å². The first-order chi connectivity index (χ1) is 16.2. The van der Waals surface area contributed by atoms with Gasteiger partial charge in [0.25, 0.3) is 0 Å². The number of hydrogen-bond donors (Lipinski definition) is 2. The number of carbonyl (C=O) groups is 3. The second-order valence-electron chi connectivity index (χ2n) is 9.87. The summed E-state index contributed by atoms with van der Waals surface area (Å²) in [4.78, 5) is 41.1. The third-order valence-electron chi connectivity index (χ3n) is 6.48. The Kier molecular flexibility index (Phi) is 5.91. The Morgan fingerprint density at radius 2 is 1.71 bits per heavy atom. The molecule has 2 aliphatic heterocycles. The first-order valence-electron chi connectivity index (χ1n) is 11.0. The zero-order valence-corrected chi connectivity index (χ0v) is 19.3. The Balaban J connectivity index is 1.85. The summed E-state index contributed by atoms with van der Waals surface area (Å²) in [5.74, 6) is -5.40. The maximum absolute atomic E-state index is 13.6. The molecule has 0 aliphatic carbocycles. The fourth-order valence-corrected chi connectivity index (χ4v) is 5.21. The first-order valence-corrected chi connectivity index (χ1v) is 11.0. The van der Waals surface area contributed by atoms with Gasteiger partial charge >= 0.3 is 12.3 Å². The summed E-state index contributed by atoms with van der Waals surface area (Å²) >= 11 is 0. The van der Waals surface area contributed by atoms with E-state index in [0.29, 0.717) is 5.56 Å². The van der Waals surface area contributed by atoms with Crippen molar-refractivity contribution >= 4 is 17.8 Å². The molecule has 2 aromatic carbocycles. The van der Waals surface area contributed by atoms with Gasteiger partial charge in [-0.1, -0.05) is 42.5 Å². The molecule has 0 bridgehead atoms. The lowest BCUT2D eigenvalue weighted by molar-refractivity contribution is -0.274. The van der Waals surface area contributed by atoms with Crippen LogP contribution in [0, 0.1) is 11.8 Å². The van der Waals surface area contributed by atoms with Crippen LogP contribution in [-0.4, -0.2) is 45.2 Å². The number of ether oxygens (including phenoxy) is 1. The zero-order chi connectivity index (χ0) is 25.8. The summed E-state index contributed by atoms with van der Waals surface area (Å²) in [6.07, 6.45) is -5.03. The van der Waals surface area contributed by atoms with E-state index in [1.165, 1.54) is 12.1 Å². The molecule has 10 heteroatoms. The third kappa shape index (κ3) is 4.38. The van der Waals surface area contributed by atoms with E-state index in [1.54, 1.807) is 51.1 Å². The topological polar surface area (TPSA) is 95.9 Å². The summed E-state index contributed by atoms with van der Waals surface area (Å²) in [6, 6.07) is 12.7. The number of rotatable bonds is 5. The molecule has 0 aromatic heterocycles. The highest BCUT2D eigenvalue weighted by Gasteiger charge is 2.69. The van der Waals surface area contributed by atoms with Crippen LogP contribution in [0.5, 0.6) is 5.75 Å². The number of hydrogen-bond acceptors (Lipinski definition) is 5. The van der Waals surface area contributed by atoms with Gasteiger partial charge in [-0.05, 0) is 44.0 Å². The van der Waals surface area contributed by atoms with Crippen molar-refractivity contribution in [3.8, 4) is 5.75 Å². The molecule has 4 atom stereocenters. The average molecular weight is 490 g/mol. The van der Waals surface area contributed by atoms with Crippen LogP contribution in [0.4, 0.5) is 13.2 Å². The SMILES string of the molecule is CC(C)(C)N1C(=O)C2C(c3cccc(OC(F)(F)F)c3)NC(Cc3ccccc3)(C(=O)O)C2C1=O. The lowest BCUT2D eigenvalue weighted by atomic mass is 9.76. The minimum atomic E-state index is -4.93. The summed E-state index contributed by atoms with van der Waals surface area (Å²) in [7, 11) is 0. The van der Waals surface area contributed by atoms with Gasteiger partial charge in [0.15, 0.2) is 0 Å². The molecule has 2 fully saturated rings. The number of imide groups is 1. The Hall–Kier alpha value is -3.40. The highest BCUT2D eigenvalue weighted by Crippen LogP contribution is 2.51. The van der Waals surface area contributed by atoms with Crippen LogP contribution in [0.2, 0.25) is 0 Å². The normalized spacial score (nSPS) is 26.7. The third-order valence-corrected chi connectivity index (χ3v) is 6.48. The van der Waals surface area contributed by atoms with Crippen molar-refractivity contribution in [2.45, 2.75) is 50.7 Å². The Morgan fingerprint density at radius 1 is 1.06 bits per heavy atom. The van der Waals surface area contributed by atoms with Gasteiger partial charge in [-0.25, -0.2) is 0 Å². The maximum Gasteiger partial charge on any atom is 0.573 e. The molecule has 0 saturated carbocycles. The van der Waals surface area contributed by atoms with Gasteiger partial charge in [-0.2, -0.15) is 0 Å². The average Bonchev–Trinajstić information content (AvgIpc) is 3.22. The van der Waals surface area contributed by atoms with Gasteiger partial charge in [0, 0.05) is 18.0 Å². The van der Waals surface area contributed by atoms with E-state index < -0.39 is 58.9 Å². The molecular formula is C25H25F3N2O5. The van der Waals surface area contributed by atoms with Crippen molar-refractivity contribution in [3.63, 3.8) is 0 Å². The number of fused-ring (bicyclic) bond motifs is 1. The molecule has 2 N–H and O–H groups in total. The van der Waals surface area contributed by atoms with Gasteiger partial charge < -0.3 is 9.84 Å². The van der Waals surface area contributed by atoms with E-state index in [0.717, 1.165) is 17.0 Å². The van der Waals surface area contributed by atoms with Crippen LogP contribution in [-0.2, 0) is 20.8 Å². The molecule has 2 saturated heterocycles. The van der Waals surface area contributed by atoms with E-state index in [-0.39, 0.29) is 12.0 Å². The largest absolute Gasteiger partial charge is 0.573 e. The quantitative estimate of drug-likeness (QED) is 0.621. The number of aliphatic carboxylic acids is 1. The molecule has 2 aliphatic rings. The van der Waals surface area contributed by atoms with Crippen molar-refractivity contribution in [2.75, 3.05) is 0 Å². The predicted octanol–water partition coefficient (Wildman–Crippen LogP) is 3.70. The van der Waals surface area contributed by atoms with Gasteiger partial charge in [0.1, 0.15) is 11.3 Å². The first kappa shape index (κ1) is 24.7. The molecule has 4 unspecified atom stereocenters. The van der Waals surface area contributed by atoms with Crippen LogP contribution in [0.15, 0.2) is 54.6 Å². The van der Waals surface area contributed by atoms with Gasteiger partial charge in [-0.3, -0.25) is 24.6 Å². The van der Waals surface area contributed by atoms with E-state index in [9.17, 15) is 32.7 Å². The van der Waals surface area contributed by atoms with Crippen LogP contribution in [0.1, 0.15) is 37.9 Å². The number of carboxylic acids is 1. The lowest BCUT2D eigenvalue weighted by Gasteiger charge is -2.35. The number of benzene rings is 2. The molecule has 2 aromatic rings. The number of nitrogens with zero attached hydrogens (tertiary/aromatic N) is 1. The minimum absolute atomic E-state index is 0.101. The predicted molar refractivity (Wildman–Crippen MR) is 118 cm³/mol. The van der Waals surface area contributed by atoms with E-state index in [1.807, 2.05) is 0 Å². The number of likely N-dealkylation sites (tertiary alicyclic amines) is 1. The van der Waals surface area contributed by atoms with Crippen LogP contribution < -0.4 is 10.1 Å². The molecule has 35 heavy (non-hydrogen) atoms. The number of amides is 2. The fraction of sp³-hybridized carbons (Fsp3) is 0.400. The van der Waals surface area contributed by atoms with E-state index in [4.69, 9.17) is 0 Å². The molecule has 186 valence electrons. The Bertz CT molecular complexity index is 1160. The summed E-state index contributed by atoms with van der Waals surface area (Å²) in [5, 5.41) is 13.4. The van der Waals surface area contributed by atoms with Gasteiger partial charge in [0.2, 0.25) is 11.8 Å². The molecule has 2 heterocycles. The highest BCUT2D eigenvalue weighted by atomic mass is 19.4. The molecule has 7 nitrogen and oxygen atoms in total. The van der Waals surface area contributed by atoms with Crippen molar-refractivity contribution in [1.82, 2.24) is 10.2 Å². The second kappa shape index (κ2) is 8.37. The lowest BCUT2D eigenvalue weighted by Crippen LogP contribution is -2.58. The smallest absolute Gasteiger partial charge is 0.480 e. The van der Waals surface area contributed by atoms with Crippen LogP contribution in [0.25, 0.3) is 0 Å². The van der Waals surface area contributed by atoms with E-state index in [2.05, 4.69) is 10.1 Å². The van der Waals surface area contributed by atoms with Crippen LogP contribution >= 0.6 is 0 Å². The zero-order valence-electron chi connectivity index (χ0n) is 19.3. The van der Waals surface area contributed by atoms with Crippen molar-refractivity contribution < 1.29 is 37.4 Å². The molecule has 0 radical (unpaired) electrons. The Labute approximate surface area is 199 Å². The number of nitrogens with one attached hydrogen (secondary N) is 1. The number of halogens is 3. The highest BCUT2D eigenvalue weighted by molar-refractivity contribution is 6.10. The number of carboxylic acid groups (broad SMARTS) is 1. The standard InChI is InChI=1S/C25H25F3N2O5/c1-23(2,3)30-20(31)17-18(21(30)32)24(22(33)34,13-14-8-5-4-6-9-14)29-19(17)15-10-7-11-16(12-15)35-25(26,27)28/h4-12,17-19,29H,13H2,1-3H3,(H,33,34). The number of carbonyl (C=O) groups excluding carboxylic acids is 2. The van der Waals surface area contributed by atoms with Crippen molar-refractivity contribution in [2.24, 2.45) is 11.8 Å². The molecule has 4 rings (SSSR count). The summed E-state index contributed by atoms with van der Waals surface area (Å²) in [6.45, 7) is 5.01. The minimum Gasteiger partial charge on any atom is -0.480 e. The van der Waals surface area contributed by atoms with E-state index >= 15 is 0 Å². The number of alkyl halides is 3. The fourth-order valence-electron chi connectivity index (χ4n) is 5.21. The second-order valence-corrected chi connectivity index (χ2v) is 9.87.